The number of thiophene rings is 1. The monoisotopic (exact) mass is 505 g/mol. The van der Waals surface area contributed by atoms with E-state index in [2.05, 4.69) is 12.1 Å². The molecule has 2 aromatic rings. The number of aromatic carboxylic acids is 1. The molecule has 2 heterocycles. The molecule has 0 bridgehead atoms. The molecular weight excluding hydrogens is 472 g/mol. The maximum Gasteiger partial charge on any atom is 0.345 e. The van der Waals surface area contributed by atoms with Gasteiger partial charge in [-0.25, -0.2) is 4.79 Å². The molecule has 3 rings (SSSR count). The number of hydrogen-bond acceptors (Lipinski definition) is 4. The number of hydrogen-bond donors (Lipinski definition) is 2. The fourth-order valence-electron chi connectivity index (χ4n) is 4.35. The van der Waals surface area contributed by atoms with E-state index in [1.807, 2.05) is 25.1 Å². The van der Waals surface area contributed by atoms with Crippen LogP contribution in [0.15, 0.2) is 54.6 Å². The molecule has 0 saturated carbocycles. The zero-order valence-electron chi connectivity index (χ0n) is 19.9. The zero-order valence-corrected chi connectivity index (χ0v) is 20.7. The lowest BCUT2D eigenvalue weighted by Gasteiger charge is -2.22. The van der Waals surface area contributed by atoms with E-state index in [0.717, 1.165) is 41.9 Å². The number of benzene rings is 1. The van der Waals surface area contributed by atoms with Gasteiger partial charge < -0.3 is 15.1 Å². The highest BCUT2D eigenvalue weighted by atomic mass is 32.1. The second kappa shape index (κ2) is 12.4. The summed E-state index contributed by atoms with van der Waals surface area (Å²) in [4.78, 5) is 25.5. The minimum atomic E-state index is -3.41. The van der Waals surface area contributed by atoms with Crippen LogP contribution < -0.4 is 0 Å². The summed E-state index contributed by atoms with van der Waals surface area (Å²) in [6.45, 7) is 2.09. The first kappa shape index (κ1) is 27.0. The van der Waals surface area contributed by atoms with Crippen LogP contribution in [0.3, 0.4) is 0 Å². The first-order valence-electron chi connectivity index (χ1n) is 12.1. The second-order valence-electron chi connectivity index (χ2n) is 9.23. The minimum Gasteiger partial charge on any atom is -0.477 e. The number of rotatable bonds is 13. The van der Waals surface area contributed by atoms with Crippen molar-refractivity contribution in [2.75, 3.05) is 6.54 Å². The van der Waals surface area contributed by atoms with Crippen LogP contribution in [0.4, 0.5) is 8.78 Å². The van der Waals surface area contributed by atoms with Crippen molar-refractivity contribution in [3.05, 3.63) is 69.9 Å². The molecule has 1 aliphatic heterocycles. The van der Waals surface area contributed by atoms with Crippen molar-refractivity contribution in [2.45, 2.75) is 69.9 Å². The average Bonchev–Trinajstić information content (AvgIpc) is 3.39. The van der Waals surface area contributed by atoms with Gasteiger partial charge in [-0.05, 0) is 55.7 Å². The number of amides is 1. The van der Waals surface area contributed by atoms with Crippen LogP contribution in [0, 0.1) is 5.92 Å². The van der Waals surface area contributed by atoms with Gasteiger partial charge >= 0.3 is 11.9 Å². The highest BCUT2D eigenvalue weighted by Gasteiger charge is 2.52. The SMILES string of the molecule is C[C@H](CCCCc1ccccc1)[C@H](O)C=C[C@H]1CC(F)(F)C(=O)N1CCCc1ccc(C(=O)O)s1. The van der Waals surface area contributed by atoms with E-state index < -0.39 is 36.4 Å². The summed E-state index contributed by atoms with van der Waals surface area (Å²) in [6, 6.07) is 12.7. The quantitative estimate of drug-likeness (QED) is 0.275. The Kier molecular flexibility index (Phi) is 9.57. The molecular formula is C27H33F2NO4S. The van der Waals surface area contributed by atoms with Gasteiger partial charge in [-0.1, -0.05) is 55.8 Å². The molecule has 0 radical (unpaired) electrons. The van der Waals surface area contributed by atoms with Gasteiger partial charge in [-0.2, -0.15) is 8.78 Å². The van der Waals surface area contributed by atoms with Crippen LogP contribution in [0.1, 0.15) is 59.1 Å². The number of halogens is 2. The number of likely N-dealkylation sites (tertiary alicyclic amines) is 1. The van der Waals surface area contributed by atoms with Crippen LogP contribution in [0.2, 0.25) is 0 Å². The standard InChI is InChI=1S/C27H33F2NO4S/c1-19(8-5-6-11-20-9-3-2-4-10-20)23(31)15-13-21-18-27(28,29)26(34)30(21)17-7-12-22-14-16-24(35-22)25(32)33/h2-4,9-10,13-16,19,21,23,31H,5-8,11-12,17-18H2,1H3,(H,32,33)/t19-,21+,23-/m1/s1. The maximum absolute atomic E-state index is 14.2. The number of aryl methyl sites for hydroxylation is 2. The Hall–Kier alpha value is -2.58. The highest BCUT2D eigenvalue weighted by molar-refractivity contribution is 7.13. The van der Waals surface area contributed by atoms with E-state index in [0.29, 0.717) is 12.8 Å². The summed E-state index contributed by atoms with van der Waals surface area (Å²) < 4.78 is 28.3. The normalized spacial score (nSPS) is 19.4. The number of nitrogens with zero attached hydrogens (tertiary/aromatic N) is 1. The Morgan fingerprint density at radius 1 is 1.17 bits per heavy atom. The number of aliphatic hydroxyl groups is 1. The Labute approximate surface area is 209 Å². The molecule has 0 aliphatic carbocycles. The van der Waals surface area contributed by atoms with Gasteiger partial charge in [0, 0.05) is 17.8 Å². The second-order valence-corrected chi connectivity index (χ2v) is 10.4. The Morgan fingerprint density at radius 3 is 2.60 bits per heavy atom. The van der Waals surface area contributed by atoms with Crippen LogP contribution >= 0.6 is 11.3 Å². The molecule has 35 heavy (non-hydrogen) atoms. The first-order valence-corrected chi connectivity index (χ1v) is 12.9. The summed E-state index contributed by atoms with van der Waals surface area (Å²) in [6.07, 6.45) is 6.46. The Balaban J connectivity index is 1.48. The molecule has 1 aliphatic rings. The predicted molar refractivity (Wildman–Crippen MR) is 133 cm³/mol. The topological polar surface area (TPSA) is 77.8 Å². The third kappa shape index (κ3) is 7.70. The van der Waals surface area contributed by atoms with Gasteiger partial charge in [-0.15, -0.1) is 11.3 Å². The lowest BCUT2D eigenvalue weighted by Crippen LogP contribution is -2.36. The van der Waals surface area contributed by atoms with Crippen LogP contribution in [0.5, 0.6) is 0 Å². The Bertz CT molecular complexity index is 1010. The van der Waals surface area contributed by atoms with E-state index in [1.54, 1.807) is 12.1 Å². The molecule has 5 nitrogen and oxygen atoms in total. The number of carbonyl (C=O) groups is 2. The van der Waals surface area contributed by atoms with E-state index in [4.69, 9.17) is 5.11 Å². The van der Waals surface area contributed by atoms with E-state index in [9.17, 15) is 23.5 Å². The molecule has 3 atom stereocenters. The molecule has 0 spiro atoms. The van der Waals surface area contributed by atoms with Gasteiger partial charge in [0.25, 0.3) is 5.91 Å². The number of alkyl halides is 2. The average molecular weight is 506 g/mol. The van der Waals surface area contributed by atoms with Gasteiger partial charge in [0.15, 0.2) is 0 Å². The molecule has 8 heteroatoms. The van der Waals surface area contributed by atoms with Crippen molar-refractivity contribution >= 4 is 23.2 Å². The third-order valence-electron chi connectivity index (χ3n) is 6.47. The Morgan fingerprint density at radius 2 is 1.91 bits per heavy atom. The van der Waals surface area contributed by atoms with Crippen molar-refractivity contribution in [1.82, 2.24) is 4.90 Å². The summed E-state index contributed by atoms with van der Waals surface area (Å²) in [5.74, 6) is -5.62. The first-order chi connectivity index (χ1) is 16.7. The maximum atomic E-state index is 14.2. The highest BCUT2D eigenvalue weighted by Crippen LogP contribution is 2.34. The fourth-order valence-corrected chi connectivity index (χ4v) is 5.24. The van der Waals surface area contributed by atoms with Crippen molar-refractivity contribution in [3.8, 4) is 0 Å². The van der Waals surface area contributed by atoms with E-state index in [-0.39, 0.29) is 17.3 Å². The van der Waals surface area contributed by atoms with Crippen LogP contribution in [-0.2, 0) is 17.6 Å². The summed E-state index contributed by atoms with van der Waals surface area (Å²) in [7, 11) is 0. The lowest BCUT2D eigenvalue weighted by atomic mass is 9.95. The largest absolute Gasteiger partial charge is 0.477 e. The summed E-state index contributed by atoms with van der Waals surface area (Å²) in [5.41, 5.74) is 1.29. The van der Waals surface area contributed by atoms with Gasteiger partial charge in [0.1, 0.15) is 4.88 Å². The van der Waals surface area contributed by atoms with Gasteiger partial charge in [0.05, 0.1) is 12.1 Å². The minimum absolute atomic E-state index is 0.0182. The van der Waals surface area contributed by atoms with Crippen molar-refractivity contribution < 1.29 is 28.6 Å². The van der Waals surface area contributed by atoms with Crippen molar-refractivity contribution in [3.63, 3.8) is 0 Å². The molecule has 1 aromatic carbocycles. The fraction of sp³-hybridized carbons (Fsp3) is 0.481. The van der Waals surface area contributed by atoms with Crippen molar-refractivity contribution in [2.24, 2.45) is 5.92 Å². The number of unbranched alkanes of at least 4 members (excludes halogenated alkanes) is 1. The number of carbonyl (C=O) groups excluding carboxylic acids is 1. The zero-order chi connectivity index (χ0) is 25.4. The van der Waals surface area contributed by atoms with Gasteiger partial charge in [-0.3, -0.25) is 4.79 Å². The molecule has 1 fully saturated rings. The van der Waals surface area contributed by atoms with Crippen LogP contribution in [0.25, 0.3) is 0 Å². The molecule has 1 amide bonds. The van der Waals surface area contributed by atoms with E-state index in [1.165, 1.54) is 22.6 Å². The predicted octanol–water partition coefficient (Wildman–Crippen LogP) is 5.58. The van der Waals surface area contributed by atoms with Gasteiger partial charge in [0.2, 0.25) is 0 Å². The smallest absolute Gasteiger partial charge is 0.345 e. The lowest BCUT2D eigenvalue weighted by molar-refractivity contribution is -0.148. The molecule has 190 valence electrons. The number of carboxylic acids is 1. The van der Waals surface area contributed by atoms with Crippen LogP contribution in [-0.4, -0.2) is 51.6 Å². The summed E-state index contributed by atoms with van der Waals surface area (Å²) in [5, 5.41) is 19.5. The molecule has 2 N–H and O–H groups in total. The third-order valence-corrected chi connectivity index (χ3v) is 7.60. The summed E-state index contributed by atoms with van der Waals surface area (Å²) >= 11 is 1.15. The van der Waals surface area contributed by atoms with E-state index >= 15 is 0 Å². The molecule has 1 aromatic heterocycles. The van der Waals surface area contributed by atoms with Crippen molar-refractivity contribution in [1.29, 1.82) is 0 Å². The molecule has 1 saturated heterocycles. The number of carboxylic acid groups (broad SMARTS) is 1. The number of aliphatic hydroxyl groups excluding tert-OH is 1. The molecule has 0 unspecified atom stereocenters.